The van der Waals surface area contributed by atoms with Crippen LogP contribution in [0.15, 0.2) is 48.5 Å². The number of carboxylic acid groups (broad SMARTS) is 1. The molecule has 2 aromatic rings. The van der Waals surface area contributed by atoms with Crippen LogP contribution in [0.1, 0.15) is 57.6 Å². The topological polar surface area (TPSA) is 95.9 Å². The van der Waals surface area contributed by atoms with Crippen LogP contribution >= 0.6 is 0 Å². The fourth-order valence-corrected chi connectivity index (χ4v) is 4.36. The van der Waals surface area contributed by atoms with Crippen LogP contribution in [0.5, 0.6) is 0 Å². The first-order valence-corrected chi connectivity index (χ1v) is 11.7. The lowest BCUT2D eigenvalue weighted by atomic mass is 9.98. The van der Waals surface area contributed by atoms with E-state index in [2.05, 4.69) is 29.3 Å². The average molecular weight is 477 g/mol. The monoisotopic (exact) mass is 476 g/mol. The standard InChI is InChI=1S/C28H32N2O5/c1-5-6-15-24(26(33)30(28(2,3)4)17-16-25(31)32)29-27(34)35-18-23-21-13-9-7-11-19(21)20-12-8-10-14-22(20)23/h7-14,23-24H,15-18H2,1-4H3,(H,29,34)(H,31,32). The summed E-state index contributed by atoms with van der Waals surface area (Å²) in [5.41, 5.74) is 3.81. The summed E-state index contributed by atoms with van der Waals surface area (Å²) >= 11 is 0. The summed E-state index contributed by atoms with van der Waals surface area (Å²) in [5, 5.41) is 11.8. The smallest absolute Gasteiger partial charge is 0.407 e. The number of aliphatic carboxylic acids is 1. The van der Waals surface area contributed by atoms with Crippen LogP contribution in [0.3, 0.4) is 0 Å². The number of nitrogens with zero attached hydrogens (tertiary/aromatic N) is 1. The maximum absolute atomic E-state index is 13.3. The van der Waals surface area contributed by atoms with E-state index in [1.165, 1.54) is 4.90 Å². The third-order valence-electron chi connectivity index (χ3n) is 6.04. The van der Waals surface area contributed by atoms with E-state index in [0.29, 0.717) is 0 Å². The van der Waals surface area contributed by atoms with Crippen molar-refractivity contribution in [2.75, 3.05) is 13.2 Å². The van der Waals surface area contributed by atoms with E-state index in [1.54, 1.807) is 6.92 Å². The number of carboxylic acids is 1. The molecule has 0 spiro atoms. The van der Waals surface area contributed by atoms with Crippen LogP contribution in [0.4, 0.5) is 4.79 Å². The van der Waals surface area contributed by atoms with Crippen LogP contribution in [-0.2, 0) is 14.3 Å². The molecule has 0 saturated heterocycles. The third-order valence-corrected chi connectivity index (χ3v) is 6.04. The first kappa shape index (κ1) is 25.8. The van der Waals surface area contributed by atoms with Crippen LogP contribution < -0.4 is 5.32 Å². The number of amides is 2. The molecular weight excluding hydrogens is 444 g/mol. The number of nitrogens with one attached hydrogen (secondary N) is 1. The Balaban J connectivity index is 1.72. The van der Waals surface area contributed by atoms with Crippen molar-refractivity contribution < 1.29 is 24.2 Å². The van der Waals surface area contributed by atoms with Gasteiger partial charge in [0.2, 0.25) is 5.91 Å². The molecule has 35 heavy (non-hydrogen) atoms. The summed E-state index contributed by atoms with van der Waals surface area (Å²) in [6, 6.07) is 15.1. The van der Waals surface area contributed by atoms with Crippen LogP contribution in [0.25, 0.3) is 11.1 Å². The van der Waals surface area contributed by atoms with Crippen LogP contribution in [0.2, 0.25) is 0 Å². The van der Waals surface area contributed by atoms with Gasteiger partial charge in [0, 0.05) is 24.4 Å². The SMILES string of the molecule is CC#CCC(NC(=O)OCC1c2ccccc2-c2ccccc21)C(=O)N(CCC(=O)O)C(C)(C)C. The first-order chi connectivity index (χ1) is 16.6. The molecule has 2 N–H and O–H groups in total. The molecule has 3 rings (SSSR count). The van der Waals surface area contributed by atoms with Crippen molar-refractivity contribution in [1.29, 1.82) is 0 Å². The second-order valence-electron chi connectivity index (χ2n) is 9.46. The number of alkyl carbamates (subject to hydrolysis) is 1. The summed E-state index contributed by atoms with van der Waals surface area (Å²) < 4.78 is 5.60. The Labute approximate surface area is 206 Å². The second-order valence-corrected chi connectivity index (χ2v) is 9.46. The highest BCUT2D eigenvalue weighted by molar-refractivity contribution is 5.87. The third kappa shape index (κ3) is 6.21. The minimum Gasteiger partial charge on any atom is -0.481 e. The summed E-state index contributed by atoms with van der Waals surface area (Å²) in [7, 11) is 0. The van der Waals surface area contributed by atoms with Crippen molar-refractivity contribution in [3.63, 3.8) is 0 Å². The quantitative estimate of drug-likeness (QED) is 0.550. The average Bonchev–Trinajstić information content (AvgIpc) is 3.13. The van der Waals surface area contributed by atoms with Crippen molar-refractivity contribution >= 4 is 18.0 Å². The van der Waals surface area contributed by atoms with Crippen LogP contribution in [0, 0.1) is 11.8 Å². The number of rotatable bonds is 8. The minimum atomic E-state index is -0.999. The number of fused-ring (bicyclic) bond motifs is 3. The van der Waals surface area contributed by atoms with Gasteiger partial charge < -0.3 is 20.1 Å². The molecule has 2 aromatic carbocycles. The van der Waals surface area contributed by atoms with E-state index < -0.39 is 29.6 Å². The van der Waals surface area contributed by atoms with Crippen molar-refractivity contribution in [2.45, 2.75) is 58.0 Å². The van der Waals surface area contributed by atoms with Gasteiger partial charge in [-0.25, -0.2) is 4.79 Å². The highest BCUT2D eigenvalue weighted by Crippen LogP contribution is 2.44. The summed E-state index contributed by atoms with van der Waals surface area (Å²) in [6.45, 7) is 7.27. The number of carbonyl (C=O) groups excluding carboxylic acids is 2. The summed E-state index contributed by atoms with van der Waals surface area (Å²) in [6.07, 6.45) is -0.811. The number of benzene rings is 2. The van der Waals surface area contributed by atoms with Gasteiger partial charge >= 0.3 is 12.1 Å². The van der Waals surface area contributed by atoms with Crippen molar-refractivity contribution in [3.8, 4) is 23.0 Å². The zero-order chi connectivity index (χ0) is 25.6. The molecule has 0 radical (unpaired) electrons. The number of hydrogen-bond acceptors (Lipinski definition) is 4. The van der Waals surface area contributed by atoms with Gasteiger partial charge in [0.1, 0.15) is 12.6 Å². The molecule has 184 valence electrons. The van der Waals surface area contributed by atoms with Gasteiger partial charge in [0.25, 0.3) is 0 Å². The molecule has 0 aromatic heterocycles. The van der Waals surface area contributed by atoms with Gasteiger partial charge in [0.15, 0.2) is 0 Å². The molecule has 7 heteroatoms. The number of hydrogen-bond donors (Lipinski definition) is 2. The normalized spacial score (nSPS) is 13.0. The van der Waals surface area contributed by atoms with Gasteiger partial charge in [-0.05, 0) is 49.9 Å². The fourth-order valence-electron chi connectivity index (χ4n) is 4.36. The lowest BCUT2D eigenvalue weighted by molar-refractivity contribution is -0.141. The van der Waals surface area contributed by atoms with Crippen LogP contribution in [-0.4, -0.2) is 52.7 Å². The Kier molecular flexibility index (Phi) is 8.18. The fraction of sp³-hybridized carbons (Fsp3) is 0.393. The van der Waals surface area contributed by atoms with Crippen molar-refractivity contribution in [1.82, 2.24) is 10.2 Å². The van der Waals surface area contributed by atoms with E-state index in [1.807, 2.05) is 57.2 Å². The van der Waals surface area contributed by atoms with Gasteiger partial charge in [-0.2, -0.15) is 0 Å². The van der Waals surface area contributed by atoms with Gasteiger partial charge in [-0.1, -0.05) is 48.5 Å². The maximum atomic E-state index is 13.3. The molecule has 0 fully saturated rings. The largest absolute Gasteiger partial charge is 0.481 e. The van der Waals surface area contributed by atoms with Gasteiger partial charge in [-0.3, -0.25) is 9.59 Å². The lowest BCUT2D eigenvalue weighted by Crippen LogP contribution is -2.55. The second kappa shape index (κ2) is 11.1. The lowest BCUT2D eigenvalue weighted by Gasteiger charge is -2.37. The van der Waals surface area contributed by atoms with Gasteiger partial charge in [0.05, 0.1) is 6.42 Å². The zero-order valence-corrected chi connectivity index (χ0v) is 20.6. The molecule has 0 heterocycles. The van der Waals surface area contributed by atoms with Gasteiger partial charge in [-0.15, -0.1) is 11.8 Å². The highest BCUT2D eigenvalue weighted by atomic mass is 16.5. The Morgan fingerprint density at radius 2 is 1.63 bits per heavy atom. The molecule has 7 nitrogen and oxygen atoms in total. The highest BCUT2D eigenvalue weighted by Gasteiger charge is 2.34. The molecule has 1 atom stereocenters. The number of carbonyl (C=O) groups is 3. The van der Waals surface area contributed by atoms with Crippen molar-refractivity contribution in [2.24, 2.45) is 0 Å². The summed E-state index contributed by atoms with van der Waals surface area (Å²) in [4.78, 5) is 38.7. The van der Waals surface area contributed by atoms with E-state index in [0.717, 1.165) is 22.3 Å². The molecule has 0 saturated carbocycles. The molecule has 1 unspecified atom stereocenters. The predicted octanol–water partition coefficient (Wildman–Crippen LogP) is 4.41. The van der Waals surface area contributed by atoms with E-state index >= 15 is 0 Å². The van der Waals surface area contributed by atoms with E-state index in [4.69, 9.17) is 9.84 Å². The molecular formula is C28H32N2O5. The first-order valence-electron chi connectivity index (χ1n) is 11.7. The summed E-state index contributed by atoms with van der Waals surface area (Å²) in [5.74, 6) is 4.10. The van der Waals surface area contributed by atoms with E-state index in [9.17, 15) is 14.4 Å². The Morgan fingerprint density at radius 1 is 1.06 bits per heavy atom. The minimum absolute atomic E-state index is 0.0279. The molecule has 1 aliphatic rings. The number of ether oxygens (including phenoxy) is 1. The Hall–Kier alpha value is -3.79. The molecule has 0 aliphatic heterocycles. The predicted molar refractivity (Wildman–Crippen MR) is 134 cm³/mol. The van der Waals surface area contributed by atoms with Crippen molar-refractivity contribution in [3.05, 3.63) is 59.7 Å². The Morgan fingerprint density at radius 3 is 2.14 bits per heavy atom. The van der Waals surface area contributed by atoms with E-state index in [-0.39, 0.29) is 31.9 Å². The molecule has 0 bridgehead atoms. The zero-order valence-electron chi connectivity index (χ0n) is 20.6. The molecule has 1 aliphatic carbocycles. The molecule has 2 amide bonds. The Bertz CT molecular complexity index is 1110. The maximum Gasteiger partial charge on any atom is 0.407 e.